The third-order valence-electron chi connectivity index (χ3n) is 3.24. The van der Waals surface area contributed by atoms with E-state index in [0.717, 1.165) is 11.5 Å². The van der Waals surface area contributed by atoms with E-state index in [9.17, 15) is 13.2 Å². The quantitative estimate of drug-likeness (QED) is 0.398. The molecule has 0 bridgehead atoms. The lowest BCUT2D eigenvalue weighted by atomic mass is 9.74. The van der Waals surface area contributed by atoms with Crippen molar-refractivity contribution in [2.75, 3.05) is 11.9 Å². The van der Waals surface area contributed by atoms with Gasteiger partial charge in [0.05, 0.1) is 5.56 Å². The Labute approximate surface area is 143 Å². The number of halogens is 4. The summed E-state index contributed by atoms with van der Waals surface area (Å²) < 4.78 is 38.6. The summed E-state index contributed by atoms with van der Waals surface area (Å²) in [4.78, 5) is 8.02. The Kier molecular flexibility index (Phi) is 6.10. The lowest BCUT2D eigenvalue weighted by Crippen LogP contribution is -2.21. The topological polar surface area (TPSA) is 37.8 Å². The van der Waals surface area contributed by atoms with Crippen molar-refractivity contribution in [2.24, 2.45) is 0 Å². The second-order valence-corrected chi connectivity index (χ2v) is 5.23. The SMILES string of the molecule is CBc1c(Cl)ncnc1NCCC#Cc1ccccc1C(F)(F)F. The Balaban J connectivity index is 2.00. The molecule has 0 saturated carbocycles. The minimum absolute atomic E-state index is 0.0238. The monoisotopic (exact) mass is 351 g/mol. The molecule has 8 heteroatoms. The van der Waals surface area contributed by atoms with Crippen molar-refractivity contribution >= 4 is 30.2 Å². The Bertz CT molecular complexity index is 769. The highest BCUT2D eigenvalue weighted by atomic mass is 35.5. The summed E-state index contributed by atoms with van der Waals surface area (Å²) >= 11 is 5.98. The van der Waals surface area contributed by atoms with Gasteiger partial charge in [0.25, 0.3) is 0 Å². The van der Waals surface area contributed by atoms with Crippen LogP contribution in [-0.4, -0.2) is 23.8 Å². The normalized spacial score (nSPS) is 10.7. The van der Waals surface area contributed by atoms with Gasteiger partial charge in [-0.3, -0.25) is 0 Å². The second kappa shape index (κ2) is 8.07. The highest BCUT2D eigenvalue weighted by molar-refractivity contribution is 6.58. The zero-order valence-corrected chi connectivity index (χ0v) is 13.7. The number of rotatable bonds is 4. The predicted octanol–water partition coefficient (Wildman–Crippen LogP) is 3.11. The molecule has 0 unspecified atom stereocenters. The van der Waals surface area contributed by atoms with Crippen LogP contribution < -0.4 is 10.8 Å². The number of anilines is 1. The summed E-state index contributed by atoms with van der Waals surface area (Å²) in [6.07, 6.45) is -2.68. The van der Waals surface area contributed by atoms with E-state index in [2.05, 4.69) is 27.1 Å². The molecule has 0 radical (unpaired) electrons. The van der Waals surface area contributed by atoms with E-state index < -0.39 is 11.7 Å². The second-order valence-electron chi connectivity index (χ2n) is 4.87. The van der Waals surface area contributed by atoms with Gasteiger partial charge in [0.2, 0.25) is 0 Å². The molecule has 0 saturated heterocycles. The van der Waals surface area contributed by atoms with Crippen LogP contribution in [-0.2, 0) is 6.18 Å². The molecule has 1 N–H and O–H groups in total. The predicted molar refractivity (Wildman–Crippen MR) is 91.1 cm³/mol. The van der Waals surface area contributed by atoms with Gasteiger partial charge in [-0.1, -0.05) is 42.4 Å². The fourth-order valence-electron chi connectivity index (χ4n) is 2.10. The molecule has 124 valence electrons. The third kappa shape index (κ3) is 4.65. The minimum Gasteiger partial charge on any atom is -0.369 e. The van der Waals surface area contributed by atoms with E-state index in [1.807, 2.05) is 6.82 Å². The van der Waals surface area contributed by atoms with E-state index in [-0.39, 0.29) is 5.56 Å². The van der Waals surface area contributed by atoms with Crippen LogP contribution in [0.25, 0.3) is 0 Å². The smallest absolute Gasteiger partial charge is 0.369 e. The maximum absolute atomic E-state index is 12.9. The number of benzene rings is 1. The fourth-order valence-corrected chi connectivity index (χ4v) is 2.36. The number of hydrogen-bond acceptors (Lipinski definition) is 3. The molecule has 1 aromatic carbocycles. The van der Waals surface area contributed by atoms with Crippen LogP contribution in [0.3, 0.4) is 0 Å². The van der Waals surface area contributed by atoms with Gasteiger partial charge >= 0.3 is 6.18 Å². The van der Waals surface area contributed by atoms with Gasteiger partial charge in [0, 0.05) is 18.5 Å². The van der Waals surface area contributed by atoms with Crippen molar-refractivity contribution in [1.82, 2.24) is 9.97 Å². The molecule has 0 amide bonds. The molecule has 0 atom stereocenters. The van der Waals surface area contributed by atoms with Crippen LogP contribution in [0.15, 0.2) is 30.6 Å². The molecule has 0 aliphatic carbocycles. The molecule has 0 aliphatic rings. The van der Waals surface area contributed by atoms with E-state index >= 15 is 0 Å². The van der Waals surface area contributed by atoms with E-state index in [0.29, 0.717) is 31.2 Å². The molecule has 2 rings (SSSR count). The van der Waals surface area contributed by atoms with E-state index in [1.165, 1.54) is 24.5 Å². The number of hydrogen-bond donors (Lipinski definition) is 1. The summed E-state index contributed by atoms with van der Waals surface area (Å²) in [6, 6.07) is 5.27. The lowest BCUT2D eigenvalue weighted by molar-refractivity contribution is -0.137. The van der Waals surface area contributed by atoms with E-state index in [4.69, 9.17) is 11.6 Å². The molecular weight excluding hydrogens is 337 g/mol. The van der Waals surface area contributed by atoms with Gasteiger partial charge < -0.3 is 5.32 Å². The summed E-state index contributed by atoms with van der Waals surface area (Å²) in [5, 5.41) is 3.46. The van der Waals surface area contributed by atoms with Gasteiger partial charge in [-0.25, -0.2) is 9.97 Å². The van der Waals surface area contributed by atoms with Gasteiger partial charge in [0.1, 0.15) is 17.3 Å². The maximum Gasteiger partial charge on any atom is 0.417 e. The number of nitrogens with zero attached hydrogens (tertiary/aromatic N) is 2. The molecule has 1 heterocycles. The summed E-state index contributed by atoms with van der Waals surface area (Å²) in [7, 11) is 0.673. The largest absolute Gasteiger partial charge is 0.417 e. The first-order valence-electron chi connectivity index (χ1n) is 7.31. The molecule has 0 aliphatic heterocycles. The van der Waals surface area contributed by atoms with Crippen molar-refractivity contribution in [2.45, 2.75) is 19.4 Å². The first-order valence-corrected chi connectivity index (χ1v) is 7.69. The van der Waals surface area contributed by atoms with Gasteiger partial charge in [0.15, 0.2) is 7.28 Å². The number of nitrogens with one attached hydrogen (secondary N) is 1. The Hall–Kier alpha value is -2.20. The van der Waals surface area contributed by atoms with Crippen LogP contribution in [0.4, 0.5) is 19.0 Å². The number of aromatic nitrogens is 2. The molecular formula is C16H14BClF3N3. The molecule has 0 spiro atoms. The van der Waals surface area contributed by atoms with Crippen LogP contribution in [0.5, 0.6) is 0 Å². The van der Waals surface area contributed by atoms with Crippen LogP contribution in [0.1, 0.15) is 17.5 Å². The van der Waals surface area contributed by atoms with Gasteiger partial charge in [-0.15, -0.1) is 0 Å². The van der Waals surface area contributed by atoms with Crippen LogP contribution >= 0.6 is 11.6 Å². The van der Waals surface area contributed by atoms with Gasteiger partial charge in [-0.05, 0) is 17.6 Å². The van der Waals surface area contributed by atoms with Crippen molar-refractivity contribution < 1.29 is 13.2 Å². The van der Waals surface area contributed by atoms with Crippen molar-refractivity contribution in [3.8, 4) is 11.8 Å². The van der Waals surface area contributed by atoms with Crippen molar-refractivity contribution in [3.63, 3.8) is 0 Å². The van der Waals surface area contributed by atoms with E-state index in [1.54, 1.807) is 0 Å². The first kappa shape index (κ1) is 18.1. The van der Waals surface area contributed by atoms with Crippen LogP contribution in [0.2, 0.25) is 12.0 Å². The first-order chi connectivity index (χ1) is 11.4. The van der Waals surface area contributed by atoms with Gasteiger partial charge in [-0.2, -0.15) is 13.2 Å². The van der Waals surface area contributed by atoms with Crippen LogP contribution in [0, 0.1) is 11.8 Å². The van der Waals surface area contributed by atoms with Crippen molar-refractivity contribution in [1.29, 1.82) is 0 Å². The molecule has 1 aromatic heterocycles. The molecule has 3 nitrogen and oxygen atoms in total. The zero-order valence-electron chi connectivity index (χ0n) is 12.9. The Morgan fingerprint density at radius 1 is 1.25 bits per heavy atom. The average Bonchev–Trinajstić information content (AvgIpc) is 2.54. The maximum atomic E-state index is 12.9. The minimum atomic E-state index is -4.41. The molecule has 0 fully saturated rings. The summed E-state index contributed by atoms with van der Waals surface area (Å²) in [5.41, 5.74) is 0.0557. The lowest BCUT2D eigenvalue weighted by Gasteiger charge is -2.09. The summed E-state index contributed by atoms with van der Waals surface area (Å²) in [5.74, 6) is 5.95. The standard InChI is InChI=1S/C16H14BClF3N3/c1-17-13-14(18)23-10-24-15(13)22-9-5-4-7-11-6-2-3-8-12(11)16(19,20)21/h2-3,6,8,10,17H,5,9H2,1H3,(H,22,23,24). The highest BCUT2D eigenvalue weighted by Crippen LogP contribution is 2.31. The fraction of sp³-hybridized carbons (Fsp3) is 0.250. The highest BCUT2D eigenvalue weighted by Gasteiger charge is 2.32. The molecule has 24 heavy (non-hydrogen) atoms. The Morgan fingerprint density at radius 2 is 2.00 bits per heavy atom. The Morgan fingerprint density at radius 3 is 2.71 bits per heavy atom. The van der Waals surface area contributed by atoms with Crippen molar-refractivity contribution in [3.05, 3.63) is 46.9 Å². The number of alkyl halides is 3. The summed E-state index contributed by atoms with van der Waals surface area (Å²) in [6.45, 7) is 2.38. The average molecular weight is 352 g/mol. The third-order valence-corrected chi connectivity index (χ3v) is 3.57. The molecule has 2 aromatic rings. The zero-order chi connectivity index (χ0) is 17.6.